The number of nitrogens with zero attached hydrogens (tertiary/aromatic N) is 4. The van der Waals surface area contributed by atoms with Crippen LogP contribution in [0, 0.1) is 0 Å². The minimum atomic E-state index is 0. The number of methoxy groups -OCH3 is 1. The molecule has 31 heavy (non-hydrogen) atoms. The number of ether oxygens (including phenoxy) is 2. The van der Waals surface area contributed by atoms with Crippen molar-refractivity contribution >= 4 is 29.9 Å². The van der Waals surface area contributed by atoms with E-state index in [4.69, 9.17) is 14.5 Å². The average molecular weight is 541 g/mol. The topological polar surface area (TPSA) is 63.9 Å². The first kappa shape index (κ1) is 25.6. The minimum absolute atomic E-state index is 0. The van der Waals surface area contributed by atoms with Crippen LogP contribution in [0.3, 0.4) is 0 Å². The van der Waals surface area contributed by atoms with Crippen LogP contribution in [-0.2, 0) is 15.9 Å². The molecule has 7 nitrogen and oxygen atoms in total. The highest BCUT2D eigenvalue weighted by molar-refractivity contribution is 14.0. The van der Waals surface area contributed by atoms with Crippen molar-refractivity contribution in [3.63, 3.8) is 0 Å². The molecule has 0 spiro atoms. The first-order valence-electron chi connectivity index (χ1n) is 11.0. The van der Waals surface area contributed by atoms with Gasteiger partial charge in [0, 0.05) is 52.7 Å². The fourth-order valence-electron chi connectivity index (χ4n) is 3.62. The molecule has 0 bridgehead atoms. The van der Waals surface area contributed by atoms with Crippen molar-refractivity contribution in [3.8, 4) is 5.69 Å². The van der Waals surface area contributed by atoms with Crippen LogP contribution in [0.4, 0.5) is 0 Å². The molecule has 1 fully saturated rings. The Morgan fingerprint density at radius 3 is 2.68 bits per heavy atom. The van der Waals surface area contributed by atoms with E-state index in [9.17, 15) is 0 Å². The van der Waals surface area contributed by atoms with Gasteiger partial charge < -0.3 is 19.7 Å². The molecule has 3 rings (SSSR count). The zero-order valence-electron chi connectivity index (χ0n) is 18.7. The van der Waals surface area contributed by atoms with Crippen LogP contribution >= 0.6 is 24.0 Å². The second-order valence-corrected chi connectivity index (χ2v) is 7.52. The number of para-hydroxylation sites is 1. The van der Waals surface area contributed by atoms with Gasteiger partial charge in [-0.2, -0.15) is 5.10 Å². The number of aliphatic imine (C=N–C) groups is 1. The lowest BCUT2D eigenvalue weighted by molar-refractivity contribution is 0.00991. The van der Waals surface area contributed by atoms with Gasteiger partial charge in [0.2, 0.25) is 0 Å². The zero-order chi connectivity index (χ0) is 21.0. The number of hydrogen-bond acceptors (Lipinski definition) is 4. The van der Waals surface area contributed by atoms with E-state index in [0.717, 1.165) is 76.7 Å². The number of rotatable bonds is 10. The van der Waals surface area contributed by atoms with Crippen LogP contribution in [-0.4, -0.2) is 73.2 Å². The minimum Gasteiger partial charge on any atom is -0.385 e. The van der Waals surface area contributed by atoms with Crippen LogP contribution in [0.2, 0.25) is 0 Å². The molecule has 0 saturated carbocycles. The zero-order valence-corrected chi connectivity index (χ0v) is 21.0. The molecule has 172 valence electrons. The molecule has 0 atom stereocenters. The molecular formula is C23H36IN5O2. The lowest BCUT2D eigenvalue weighted by Crippen LogP contribution is -2.47. The van der Waals surface area contributed by atoms with Gasteiger partial charge in [-0.3, -0.25) is 4.99 Å². The maximum absolute atomic E-state index is 5.97. The number of nitrogens with one attached hydrogen (secondary N) is 1. The molecule has 1 saturated heterocycles. The predicted octanol–water partition coefficient (Wildman–Crippen LogP) is 3.52. The molecule has 2 aromatic rings. The van der Waals surface area contributed by atoms with Gasteiger partial charge in [0.15, 0.2) is 5.96 Å². The summed E-state index contributed by atoms with van der Waals surface area (Å²) in [5, 5.41) is 7.92. The van der Waals surface area contributed by atoms with Gasteiger partial charge in [-0.25, -0.2) is 4.68 Å². The Balaban J connectivity index is 0.00000341. The van der Waals surface area contributed by atoms with Gasteiger partial charge in [-0.1, -0.05) is 18.2 Å². The Kier molecular flexibility index (Phi) is 11.9. The molecule has 0 aliphatic carbocycles. The first-order valence-corrected chi connectivity index (χ1v) is 11.0. The number of likely N-dealkylation sites (tertiary alicyclic amines) is 1. The number of piperidine rings is 1. The van der Waals surface area contributed by atoms with Crippen molar-refractivity contribution < 1.29 is 9.47 Å². The Morgan fingerprint density at radius 1 is 1.19 bits per heavy atom. The largest absolute Gasteiger partial charge is 0.385 e. The summed E-state index contributed by atoms with van der Waals surface area (Å²) >= 11 is 0. The summed E-state index contributed by atoms with van der Waals surface area (Å²) in [4.78, 5) is 7.22. The number of halogens is 1. The average Bonchev–Trinajstić information content (AvgIpc) is 3.26. The van der Waals surface area contributed by atoms with E-state index in [1.54, 1.807) is 7.11 Å². The van der Waals surface area contributed by atoms with Gasteiger partial charge in [-0.05, 0) is 50.3 Å². The van der Waals surface area contributed by atoms with E-state index in [1.807, 2.05) is 29.1 Å². The molecule has 1 N–H and O–H groups in total. The molecular weight excluding hydrogens is 505 g/mol. The van der Waals surface area contributed by atoms with E-state index in [0.29, 0.717) is 6.10 Å². The number of guanidine groups is 1. The Labute approximate surface area is 203 Å². The molecule has 1 aromatic heterocycles. The molecule has 1 aliphatic heterocycles. The quantitative estimate of drug-likeness (QED) is 0.216. The van der Waals surface area contributed by atoms with Crippen LogP contribution in [0.15, 0.2) is 47.7 Å². The number of benzene rings is 1. The molecule has 0 radical (unpaired) electrons. The van der Waals surface area contributed by atoms with Gasteiger partial charge in [0.1, 0.15) is 0 Å². The third-order valence-corrected chi connectivity index (χ3v) is 5.24. The third kappa shape index (κ3) is 8.42. The molecule has 1 aromatic carbocycles. The Bertz CT molecular complexity index is 760. The van der Waals surface area contributed by atoms with Gasteiger partial charge in [0.25, 0.3) is 0 Å². The smallest absolute Gasteiger partial charge is 0.193 e. The normalized spacial score (nSPS) is 15.0. The summed E-state index contributed by atoms with van der Waals surface area (Å²) in [5.74, 6) is 1.01. The molecule has 2 heterocycles. The summed E-state index contributed by atoms with van der Waals surface area (Å²) in [6, 6.07) is 10.2. The lowest BCUT2D eigenvalue weighted by atomic mass is 10.1. The second-order valence-electron chi connectivity index (χ2n) is 7.52. The van der Waals surface area contributed by atoms with Crippen LogP contribution < -0.4 is 5.32 Å². The summed E-state index contributed by atoms with van der Waals surface area (Å²) in [5.41, 5.74) is 2.27. The number of aromatic nitrogens is 2. The van der Waals surface area contributed by atoms with Crippen molar-refractivity contribution in [3.05, 3.63) is 48.3 Å². The first-order chi connectivity index (χ1) is 14.8. The molecule has 1 aliphatic rings. The number of hydrogen-bond donors (Lipinski definition) is 1. The molecule has 8 heteroatoms. The van der Waals surface area contributed by atoms with E-state index in [2.05, 4.69) is 40.6 Å². The SMILES string of the molecule is CCNC(=NCCc1cnn(-c2ccccc2)c1)N1CCC(OCCCOC)CC1.I. The lowest BCUT2D eigenvalue weighted by Gasteiger charge is -2.34. The predicted molar refractivity (Wildman–Crippen MR) is 136 cm³/mol. The van der Waals surface area contributed by atoms with Crippen molar-refractivity contribution in [2.45, 2.75) is 38.7 Å². The third-order valence-electron chi connectivity index (χ3n) is 5.24. The van der Waals surface area contributed by atoms with E-state index in [-0.39, 0.29) is 24.0 Å². The highest BCUT2D eigenvalue weighted by Crippen LogP contribution is 2.14. The fourth-order valence-corrected chi connectivity index (χ4v) is 3.62. The maximum atomic E-state index is 5.97. The van der Waals surface area contributed by atoms with Gasteiger partial charge >= 0.3 is 0 Å². The van der Waals surface area contributed by atoms with Crippen LogP contribution in [0.1, 0.15) is 31.7 Å². The van der Waals surface area contributed by atoms with E-state index in [1.165, 1.54) is 5.56 Å². The van der Waals surface area contributed by atoms with Crippen molar-refractivity contribution in [2.75, 3.05) is 46.5 Å². The summed E-state index contributed by atoms with van der Waals surface area (Å²) in [7, 11) is 1.73. The second kappa shape index (κ2) is 14.4. The van der Waals surface area contributed by atoms with E-state index >= 15 is 0 Å². The van der Waals surface area contributed by atoms with Crippen LogP contribution in [0.25, 0.3) is 5.69 Å². The van der Waals surface area contributed by atoms with Gasteiger partial charge in [0.05, 0.1) is 18.0 Å². The monoisotopic (exact) mass is 541 g/mol. The maximum Gasteiger partial charge on any atom is 0.193 e. The summed E-state index contributed by atoms with van der Waals surface area (Å²) < 4.78 is 13.0. The highest BCUT2D eigenvalue weighted by atomic mass is 127. The summed E-state index contributed by atoms with van der Waals surface area (Å²) in [6.45, 7) is 7.24. The highest BCUT2D eigenvalue weighted by Gasteiger charge is 2.21. The standard InChI is InChI=1S/C23H35N5O2.HI/c1-3-24-23(27-14-11-22(12-15-27)30-17-7-16-29-2)25-13-10-20-18-26-28(19-20)21-8-5-4-6-9-21;/h4-6,8-9,18-19,22H,3,7,10-17H2,1-2H3,(H,24,25);1H. The molecule has 0 amide bonds. The van der Waals surface area contributed by atoms with Crippen molar-refractivity contribution in [1.29, 1.82) is 0 Å². The van der Waals surface area contributed by atoms with Gasteiger partial charge in [-0.15, -0.1) is 24.0 Å². The van der Waals surface area contributed by atoms with Crippen molar-refractivity contribution in [2.24, 2.45) is 4.99 Å². The summed E-state index contributed by atoms with van der Waals surface area (Å²) in [6.07, 6.45) is 8.29. The van der Waals surface area contributed by atoms with Crippen molar-refractivity contribution in [1.82, 2.24) is 20.0 Å². The van der Waals surface area contributed by atoms with E-state index < -0.39 is 0 Å². The Hall–Kier alpha value is -1.65. The van der Waals surface area contributed by atoms with Crippen LogP contribution in [0.5, 0.6) is 0 Å². The fraction of sp³-hybridized carbons (Fsp3) is 0.565. The molecule has 0 unspecified atom stereocenters. The Morgan fingerprint density at radius 2 is 1.97 bits per heavy atom.